The van der Waals surface area contributed by atoms with Gasteiger partial charge in [-0.2, -0.15) is 0 Å². The molecular formula is C11H13NO2. The number of hydrogen-bond acceptors (Lipinski definition) is 3. The van der Waals surface area contributed by atoms with Gasteiger partial charge in [-0.1, -0.05) is 12.1 Å². The second kappa shape index (κ2) is 3.80. The van der Waals surface area contributed by atoms with E-state index in [4.69, 9.17) is 9.53 Å². The third kappa shape index (κ3) is 1.30. The van der Waals surface area contributed by atoms with Crippen LogP contribution in [-0.4, -0.2) is 33.1 Å². The molecule has 0 aromatic heterocycles. The summed E-state index contributed by atoms with van der Waals surface area (Å²) in [5, 5.41) is 0. The topological polar surface area (TPSA) is 29.5 Å². The van der Waals surface area contributed by atoms with E-state index < -0.39 is 0 Å². The van der Waals surface area contributed by atoms with Gasteiger partial charge in [-0.25, -0.2) is 0 Å². The average Bonchev–Trinajstić information content (AvgIpc) is 2.26. The summed E-state index contributed by atoms with van der Waals surface area (Å²) in [6, 6.07) is 6.63. The second-order valence-electron chi connectivity index (χ2n) is 3.33. The number of benzene rings is 1. The lowest BCUT2D eigenvalue weighted by molar-refractivity contribution is -0.0979. The van der Waals surface area contributed by atoms with Crippen molar-refractivity contribution in [1.82, 2.24) is 0 Å². The maximum absolute atomic E-state index is 8.00. The van der Waals surface area contributed by atoms with Gasteiger partial charge in [0, 0.05) is 24.3 Å². The first-order valence-corrected chi connectivity index (χ1v) is 4.71. The molecule has 2 aliphatic carbocycles. The molecule has 0 saturated carbocycles. The highest BCUT2D eigenvalue weighted by Gasteiger charge is 2.22. The van der Waals surface area contributed by atoms with Gasteiger partial charge in [0.25, 0.3) is 0 Å². The molecule has 0 aromatic rings. The van der Waals surface area contributed by atoms with Crippen molar-refractivity contribution in [3.8, 4) is 11.1 Å². The molecule has 3 rings (SSSR count). The number of fused-ring (bicyclic) bond motifs is 1. The number of nitrogens with zero attached hydrogens (tertiary/aromatic N) is 1. The van der Waals surface area contributed by atoms with Gasteiger partial charge in [-0.15, -0.1) is 0 Å². The smallest absolute Gasteiger partial charge is 0.106 e. The molecule has 14 heavy (non-hydrogen) atoms. The van der Waals surface area contributed by atoms with Crippen LogP contribution < -0.4 is 4.90 Å². The van der Waals surface area contributed by atoms with E-state index in [-0.39, 0.29) is 0 Å². The van der Waals surface area contributed by atoms with E-state index in [1.807, 2.05) is 6.79 Å². The Labute approximate surface area is 83.3 Å². The first-order chi connectivity index (χ1) is 6.95. The van der Waals surface area contributed by atoms with Gasteiger partial charge < -0.3 is 14.4 Å². The highest BCUT2D eigenvalue weighted by atomic mass is 16.5. The number of anilines is 1. The van der Waals surface area contributed by atoms with Crippen molar-refractivity contribution >= 4 is 12.5 Å². The molecule has 0 radical (unpaired) electrons. The molecular weight excluding hydrogens is 178 g/mol. The molecule has 1 heterocycles. The van der Waals surface area contributed by atoms with Crippen molar-refractivity contribution in [2.45, 2.75) is 0 Å². The molecule has 0 spiro atoms. The number of hydrogen-bond donors (Lipinski definition) is 0. The van der Waals surface area contributed by atoms with Gasteiger partial charge in [0.1, 0.15) is 6.79 Å². The van der Waals surface area contributed by atoms with Crippen LogP contribution in [0.2, 0.25) is 0 Å². The van der Waals surface area contributed by atoms with Crippen LogP contribution in [0.4, 0.5) is 5.69 Å². The van der Waals surface area contributed by atoms with E-state index in [1.165, 1.54) is 16.8 Å². The van der Waals surface area contributed by atoms with Gasteiger partial charge in [-0.3, -0.25) is 0 Å². The first-order valence-electron chi connectivity index (χ1n) is 4.71. The third-order valence-corrected chi connectivity index (χ3v) is 2.66. The molecule has 0 atom stereocenters. The standard InChI is InChI=1S/C10H11NO.CH2O/c1-2-9-8(1)7-10(9)11-3-5-12-6-4-11;1-2/h1-2,7H,3-6H2;1H2. The molecule has 3 aliphatic rings. The molecule has 0 amide bonds. The summed E-state index contributed by atoms with van der Waals surface area (Å²) in [5.74, 6) is 0. The molecule has 3 nitrogen and oxygen atoms in total. The fourth-order valence-corrected chi connectivity index (χ4v) is 1.84. The van der Waals surface area contributed by atoms with Crippen LogP contribution in [0.15, 0.2) is 18.2 Å². The molecule has 1 fully saturated rings. The monoisotopic (exact) mass is 191 g/mol. The van der Waals surface area contributed by atoms with Crippen molar-refractivity contribution in [2.75, 3.05) is 31.2 Å². The van der Waals surface area contributed by atoms with E-state index in [1.54, 1.807) is 0 Å². The minimum atomic E-state index is 0.879. The lowest BCUT2D eigenvalue weighted by Crippen LogP contribution is -2.37. The van der Waals surface area contributed by atoms with Crippen molar-refractivity contribution in [2.24, 2.45) is 0 Å². The summed E-state index contributed by atoms with van der Waals surface area (Å²) < 4.78 is 5.30. The first kappa shape index (κ1) is 9.21. The van der Waals surface area contributed by atoms with E-state index in [9.17, 15) is 0 Å². The Balaban J connectivity index is 0.000000354. The number of ether oxygens (including phenoxy) is 1. The third-order valence-electron chi connectivity index (χ3n) is 2.66. The summed E-state index contributed by atoms with van der Waals surface area (Å²) in [6.45, 7) is 5.86. The largest absolute Gasteiger partial charge is 0.378 e. The molecule has 0 bridgehead atoms. The zero-order valence-electron chi connectivity index (χ0n) is 8.03. The van der Waals surface area contributed by atoms with Gasteiger partial charge in [0.05, 0.1) is 13.2 Å². The van der Waals surface area contributed by atoms with Crippen LogP contribution in [-0.2, 0) is 9.53 Å². The summed E-state index contributed by atoms with van der Waals surface area (Å²) >= 11 is 0. The fourth-order valence-electron chi connectivity index (χ4n) is 1.84. The Morgan fingerprint density at radius 1 is 1.21 bits per heavy atom. The second-order valence-corrected chi connectivity index (χ2v) is 3.33. The average molecular weight is 191 g/mol. The van der Waals surface area contributed by atoms with Crippen molar-refractivity contribution in [3.63, 3.8) is 0 Å². The van der Waals surface area contributed by atoms with Crippen LogP contribution in [0.3, 0.4) is 0 Å². The Morgan fingerprint density at radius 3 is 2.36 bits per heavy atom. The molecule has 0 unspecified atom stereocenters. The highest BCUT2D eigenvalue weighted by Crippen LogP contribution is 2.43. The maximum atomic E-state index is 8.00. The summed E-state index contributed by atoms with van der Waals surface area (Å²) in [5.41, 5.74) is 4.31. The van der Waals surface area contributed by atoms with Crippen LogP contribution in [0.25, 0.3) is 11.1 Å². The lowest BCUT2D eigenvalue weighted by atomic mass is 9.90. The summed E-state index contributed by atoms with van der Waals surface area (Å²) in [7, 11) is 0. The Morgan fingerprint density at radius 2 is 1.93 bits per heavy atom. The molecule has 3 heteroatoms. The van der Waals surface area contributed by atoms with E-state index in [0.29, 0.717) is 0 Å². The molecule has 1 aliphatic heterocycles. The van der Waals surface area contributed by atoms with E-state index >= 15 is 0 Å². The lowest BCUT2D eigenvalue weighted by Gasteiger charge is -2.35. The Hall–Kier alpha value is -1.35. The number of carbonyl (C=O) groups is 1. The predicted molar refractivity (Wildman–Crippen MR) is 55.6 cm³/mol. The minimum absolute atomic E-state index is 0.879. The molecule has 1 saturated heterocycles. The van der Waals surface area contributed by atoms with E-state index in [2.05, 4.69) is 23.1 Å². The SMILES string of the molecule is C=O.c1cc2c(N3CCOCC3)cc1-2. The predicted octanol–water partition coefficient (Wildman–Crippen LogP) is 1.32. The van der Waals surface area contributed by atoms with Crippen LogP contribution in [0, 0.1) is 0 Å². The molecule has 0 N–H and O–H groups in total. The number of carbonyl (C=O) groups excluding carboxylic acids is 1. The zero-order valence-corrected chi connectivity index (χ0v) is 8.03. The fraction of sp³-hybridized carbons (Fsp3) is 0.364. The minimum Gasteiger partial charge on any atom is -0.378 e. The zero-order chi connectivity index (χ0) is 9.97. The van der Waals surface area contributed by atoms with Crippen LogP contribution >= 0.6 is 0 Å². The van der Waals surface area contributed by atoms with Gasteiger partial charge in [0.15, 0.2) is 0 Å². The molecule has 0 aromatic carbocycles. The Bertz CT molecular complexity index is 332. The number of morpholine rings is 1. The maximum Gasteiger partial charge on any atom is 0.106 e. The van der Waals surface area contributed by atoms with Gasteiger partial charge in [-0.05, 0) is 11.6 Å². The molecule has 74 valence electrons. The Kier molecular flexibility index (Phi) is 2.50. The van der Waals surface area contributed by atoms with Crippen LogP contribution in [0.5, 0.6) is 0 Å². The van der Waals surface area contributed by atoms with Gasteiger partial charge in [0.2, 0.25) is 0 Å². The van der Waals surface area contributed by atoms with Gasteiger partial charge >= 0.3 is 0 Å². The van der Waals surface area contributed by atoms with E-state index in [0.717, 1.165) is 26.3 Å². The highest BCUT2D eigenvalue weighted by molar-refractivity contribution is 5.92. The van der Waals surface area contributed by atoms with Crippen LogP contribution in [0.1, 0.15) is 0 Å². The van der Waals surface area contributed by atoms with Crippen molar-refractivity contribution in [3.05, 3.63) is 18.2 Å². The quantitative estimate of drug-likeness (QED) is 0.680. The summed E-state index contributed by atoms with van der Waals surface area (Å²) in [6.07, 6.45) is 0. The number of rotatable bonds is 1. The summed E-state index contributed by atoms with van der Waals surface area (Å²) in [4.78, 5) is 10.4. The normalized spacial score (nSPS) is 17.0. The van der Waals surface area contributed by atoms with Crippen molar-refractivity contribution < 1.29 is 9.53 Å². The van der Waals surface area contributed by atoms with Crippen molar-refractivity contribution in [1.29, 1.82) is 0 Å².